The first kappa shape index (κ1) is 15.9. The molecule has 0 radical (unpaired) electrons. The molecule has 3 aromatic rings. The summed E-state index contributed by atoms with van der Waals surface area (Å²) in [5, 5.41) is 5.33. The van der Waals surface area contributed by atoms with Crippen molar-refractivity contribution in [2.75, 3.05) is 0 Å². The van der Waals surface area contributed by atoms with Gasteiger partial charge in [0.2, 0.25) is 0 Å². The predicted octanol–water partition coefficient (Wildman–Crippen LogP) is 4.13. The van der Waals surface area contributed by atoms with Gasteiger partial charge < -0.3 is 15.5 Å². The van der Waals surface area contributed by atoms with Gasteiger partial charge in [-0.2, -0.15) is 0 Å². The van der Waals surface area contributed by atoms with Gasteiger partial charge in [-0.15, -0.1) is 0 Å². The van der Waals surface area contributed by atoms with Gasteiger partial charge in [0.1, 0.15) is 5.76 Å². The first-order chi connectivity index (χ1) is 12.1. The average Bonchev–Trinajstić information content (AvgIpc) is 3.35. The molecule has 25 heavy (non-hydrogen) atoms. The molecule has 1 aliphatic carbocycles. The van der Waals surface area contributed by atoms with Crippen LogP contribution in [0.3, 0.4) is 0 Å². The fourth-order valence-electron chi connectivity index (χ4n) is 3.19. The molecule has 4 nitrogen and oxygen atoms in total. The highest BCUT2D eigenvalue weighted by Crippen LogP contribution is 2.40. The van der Waals surface area contributed by atoms with E-state index in [0.717, 1.165) is 29.6 Å². The number of furan rings is 1. The van der Waals surface area contributed by atoms with Crippen molar-refractivity contribution in [1.82, 2.24) is 5.32 Å². The lowest BCUT2D eigenvalue weighted by molar-refractivity contribution is 0.0901. The second-order valence-corrected chi connectivity index (χ2v) is 6.89. The van der Waals surface area contributed by atoms with E-state index in [1.54, 1.807) is 6.07 Å². The number of carbonyl (C=O) groups excluding carboxylic acids is 1. The molecule has 0 saturated heterocycles. The van der Waals surface area contributed by atoms with Crippen LogP contribution in [0.2, 0.25) is 0 Å². The van der Waals surface area contributed by atoms with E-state index in [1.165, 1.54) is 5.39 Å². The predicted molar refractivity (Wildman–Crippen MR) is 98.5 cm³/mol. The van der Waals surface area contributed by atoms with Gasteiger partial charge in [0.05, 0.1) is 6.04 Å². The maximum atomic E-state index is 12.6. The smallest absolute Gasteiger partial charge is 0.287 e. The Kier molecular flexibility index (Phi) is 4.06. The first-order valence-corrected chi connectivity index (χ1v) is 8.76. The Balaban J connectivity index is 1.58. The molecule has 3 N–H and O–H groups in total. The summed E-state index contributed by atoms with van der Waals surface area (Å²) in [5.41, 5.74) is 7.15. The van der Waals surface area contributed by atoms with E-state index >= 15 is 0 Å². The van der Waals surface area contributed by atoms with Gasteiger partial charge >= 0.3 is 0 Å². The van der Waals surface area contributed by atoms with E-state index in [4.69, 9.17) is 10.2 Å². The molecule has 0 bridgehead atoms. The SMILES string of the molecule is CC(N)C(NC(=O)c1ccc(C2CC2)o1)c1ccc2ccccc2c1. The van der Waals surface area contributed by atoms with Crippen LogP contribution in [0.1, 0.15) is 53.6 Å². The molecule has 1 heterocycles. The fraction of sp³-hybridized carbons (Fsp3) is 0.286. The monoisotopic (exact) mass is 334 g/mol. The number of benzene rings is 2. The Labute approximate surface area is 147 Å². The van der Waals surface area contributed by atoms with Crippen molar-refractivity contribution in [3.05, 3.63) is 71.7 Å². The molecule has 1 fully saturated rings. The highest BCUT2D eigenvalue weighted by molar-refractivity contribution is 5.92. The zero-order valence-corrected chi connectivity index (χ0v) is 14.2. The summed E-state index contributed by atoms with van der Waals surface area (Å²) in [6, 6.07) is 17.5. The molecule has 0 spiro atoms. The van der Waals surface area contributed by atoms with Crippen molar-refractivity contribution < 1.29 is 9.21 Å². The van der Waals surface area contributed by atoms with E-state index in [1.807, 2.05) is 31.2 Å². The Morgan fingerprint density at radius 1 is 1.12 bits per heavy atom. The number of rotatable bonds is 5. The molecule has 128 valence electrons. The van der Waals surface area contributed by atoms with Crippen molar-refractivity contribution >= 4 is 16.7 Å². The van der Waals surface area contributed by atoms with Gasteiger partial charge in [-0.05, 0) is 54.3 Å². The summed E-state index contributed by atoms with van der Waals surface area (Å²) in [7, 11) is 0. The Morgan fingerprint density at radius 2 is 1.88 bits per heavy atom. The summed E-state index contributed by atoms with van der Waals surface area (Å²) in [6.07, 6.45) is 2.29. The number of nitrogens with one attached hydrogen (secondary N) is 1. The third-order valence-electron chi connectivity index (χ3n) is 4.78. The number of nitrogens with two attached hydrogens (primary N) is 1. The minimum Gasteiger partial charge on any atom is -0.456 e. The molecule has 1 saturated carbocycles. The molecular weight excluding hydrogens is 312 g/mol. The first-order valence-electron chi connectivity index (χ1n) is 8.76. The summed E-state index contributed by atoms with van der Waals surface area (Å²) in [4.78, 5) is 12.6. The molecule has 4 heteroatoms. The van der Waals surface area contributed by atoms with Crippen LogP contribution >= 0.6 is 0 Å². The van der Waals surface area contributed by atoms with E-state index in [9.17, 15) is 4.79 Å². The van der Waals surface area contributed by atoms with E-state index < -0.39 is 0 Å². The lowest BCUT2D eigenvalue weighted by atomic mass is 9.97. The summed E-state index contributed by atoms with van der Waals surface area (Å²) in [6.45, 7) is 1.90. The lowest BCUT2D eigenvalue weighted by Gasteiger charge is -2.22. The van der Waals surface area contributed by atoms with Crippen LogP contribution < -0.4 is 11.1 Å². The van der Waals surface area contributed by atoms with Crippen molar-refractivity contribution in [2.24, 2.45) is 5.73 Å². The van der Waals surface area contributed by atoms with Crippen molar-refractivity contribution in [1.29, 1.82) is 0 Å². The number of fused-ring (bicyclic) bond motifs is 1. The molecule has 2 aromatic carbocycles. The molecule has 1 amide bonds. The Hall–Kier alpha value is -2.59. The third-order valence-corrected chi connectivity index (χ3v) is 4.78. The third kappa shape index (κ3) is 3.30. The van der Waals surface area contributed by atoms with Crippen molar-refractivity contribution in [2.45, 2.75) is 37.8 Å². The van der Waals surface area contributed by atoms with Crippen LogP contribution in [0.15, 0.2) is 59.0 Å². The van der Waals surface area contributed by atoms with E-state index in [-0.39, 0.29) is 18.0 Å². The fourth-order valence-corrected chi connectivity index (χ4v) is 3.19. The number of carbonyl (C=O) groups is 1. The van der Waals surface area contributed by atoms with Crippen LogP contribution in [-0.4, -0.2) is 11.9 Å². The van der Waals surface area contributed by atoms with Crippen molar-refractivity contribution in [3.63, 3.8) is 0 Å². The number of hydrogen-bond acceptors (Lipinski definition) is 3. The molecule has 4 rings (SSSR count). The zero-order valence-electron chi connectivity index (χ0n) is 14.2. The Morgan fingerprint density at radius 3 is 2.60 bits per heavy atom. The van der Waals surface area contributed by atoms with Gasteiger partial charge in [-0.3, -0.25) is 4.79 Å². The maximum absolute atomic E-state index is 12.6. The Bertz CT molecular complexity index is 909. The maximum Gasteiger partial charge on any atom is 0.287 e. The van der Waals surface area contributed by atoms with Crippen LogP contribution in [-0.2, 0) is 0 Å². The minimum absolute atomic E-state index is 0.219. The van der Waals surface area contributed by atoms with Crippen LogP contribution in [0, 0.1) is 0 Å². The summed E-state index contributed by atoms with van der Waals surface area (Å²) in [5.74, 6) is 1.54. The largest absolute Gasteiger partial charge is 0.456 e. The molecule has 1 aliphatic rings. The van der Waals surface area contributed by atoms with Crippen molar-refractivity contribution in [3.8, 4) is 0 Å². The lowest BCUT2D eigenvalue weighted by Crippen LogP contribution is -2.39. The summed E-state index contributed by atoms with van der Waals surface area (Å²) >= 11 is 0. The number of amides is 1. The molecule has 2 atom stereocenters. The molecular formula is C21H22N2O2. The number of hydrogen-bond donors (Lipinski definition) is 2. The van der Waals surface area contributed by atoms with Crippen LogP contribution in [0.4, 0.5) is 0 Å². The minimum atomic E-state index is -0.272. The van der Waals surface area contributed by atoms with E-state index in [2.05, 4.69) is 29.6 Å². The van der Waals surface area contributed by atoms with Gasteiger partial charge in [0.25, 0.3) is 5.91 Å². The topological polar surface area (TPSA) is 68.3 Å². The zero-order chi connectivity index (χ0) is 17.4. The van der Waals surface area contributed by atoms with Crippen LogP contribution in [0.25, 0.3) is 10.8 Å². The molecule has 1 aromatic heterocycles. The highest BCUT2D eigenvalue weighted by Gasteiger charge is 2.28. The standard InChI is InChI=1S/C21H22N2O2/c1-13(22)20(17-9-6-14-4-2-3-5-16(14)12-17)23-21(24)19-11-10-18(25-19)15-7-8-15/h2-6,9-13,15,20H,7-8,22H2,1H3,(H,23,24). The average molecular weight is 334 g/mol. The van der Waals surface area contributed by atoms with Gasteiger partial charge in [-0.25, -0.2) is 0 Å². The second-order valence-electron chi connectivity index (χ2n) is 6.89. The molecule has 2 unspecified atom stereocenters. The quantitative estimate of drug-likeness (QED) is 0.737. The van der Waals surface area contributed by atoms with Gasteiger partial charge in [-0.1, -0.05) is 36.4 Å². The summed E-state index contributed by atoms with van der Waals surface area (Å²) < 4.78 is 5.70. The molecule has 0 aliphatic heterocycles. The van der Waals surface area contributed by atoms with E-state index in [0.29, 0.717) is 11.7 Å². The normalized spacial score (nSPS) is 16.6. The second kappa shape index (κ2) is 6.37. The highest BCUT2D eigenvalue weighted by atomic mass is 16.4. The van der Waals surface area contributed by atoms with Crippen LogP contribution in [0.5, 0.6) is 0 Å². The van der Waals surface area contributed by atoms with Gasteiger partial charge in [0, 0.05) is 12.0 Å². The van der Waals surface area contributed by atoms with Gasteiger partial charge in [0.15, 0.2) is 5.76 Å².